The third kappa shape index (κ3) is 2.98. The van der Waals surface area contributed by atoms with Crippen LogP contribution in [0.1, 0.15) is 12.5 Å². The highest BCUT2D eigenvalue weighted by molar-refractivity contribution is 5.89. The van der Waals surface area contributed by atoms with Crippen LogP contribution in [0.3, 0.4) is 0 Å². The highest BCUT2D eigenvalue weighted by atomic mass is 19.1. The highest BCUT2D eigenvalue weighted by Crippen LogP contribution is 2.22. The van der Waals surface area contributed by atoms with E-state index < -0.39 is 11.8 Å². The zero-order valence-electron chi connectivity index (χ0n) is 8.87. The van der Waals surface area contributed by atoms with Gasteiger partial charge < -0.3 is 16.2 Å². The van der Waals surface area contributed by atoms with E-state index in [1.165, 1.54) is 18.2 Å². The van der Waals surface area contributed by atoms with Gasteiger partial charge in [0, 0.05) is 11.6 Å². The summed E-state index contributed by atoms with van der Waals surface area (Å²) in [6.07, 6.45) is 2.54. The lowest BCUT2D eigenvalue weighted by atomic mass is 10.1. The second kappa shape index (κ2) is 5.16. The first kappa shape index (κ1) is 12.0. The van der Waals surface area contributed by atoms with Gasteiger partial charge in [0.2, 0.25) is 0 Å². The average molecular weight is 224 g/mol. The fraction of sp³-hybridized carbons (Fsp3) is 0.182. The summed E-state index contributed by atoms with van der Waals surface area (Å²) < 4.78 is 17.7. The molecule has 0 heterocycles. The number of esters is 1. The third-order valence-electron chi connectivity index (χ3n) is 1.89. The molecule has 0 radical (unpaired) electrons. The number of hydrogen-bond acceptors (Lipinski definition) is 4. The standard InChI is InChI=1S/C11H13FN2O2/c1-2-16-10(15)4-3-7-5-8(12)6-9(13)11(7)14/h3-6H,2,13-14H2,1H3. The van der Waals surface area contributed by atoms with E-state index in [0.717, 1.165) is 6.07 Å². The molecule has 0 saturated heterocycles. The van der Waals surface area contributed by atoms with Crippen LogP contribution in [0, 0.1) is 5.82 Å². The van der Waals surface area contributed by atoms with E-state index in [2.05, 4.69) is 4.74 Å². The Kier molecular flexibility index (Phi) is 3.88. The van der Waals surface area contributed by atoms with Gasteiger partial charge in [-0.15, -0.1) is 0 Å². The fourth-order valence-corrected chi connectivity index (χ4v) is 1.15. The normalized spacial score (nSPS) is 10.6. The molecule has 1 rings (SSSR count). The van der Waals surface area contributed by atoms with Crippen molar-refractivity contribution in [1.29, 1.82) is 0 Å². The molecule has 0 spiro atoms. The Balaban J connectivity index is 2.93. The number of halogens is 1. The second-order valence-corrected chi connectivity index (χ2v) is 3.08. The molecular weight excluding hydrogens is 211 g/mol. The van der Waals surface area contributed by atoms with E-state index in [9.17, 15) is 9.18 Å². The lowest BCUT2D eigenvalue weighted by molar-refractivity contribution is -0.137. The minimum absolute atomic E-state index is 0.142. The van der Waals surface area contributed by atoms with Gasteiger partial charge in [0.1, 0.15) is 5.82 Å². The predicted molar refractivity (Wildman–Crippen MR) is 60.9 cm³/mol. The molecule has 4 nitrogen and oxygen atoms in total. The molecule has 0 fully saturated rings. The van der Waals surface area contributed by atoms with Crippen LogP contribution >= 0.6 is 0 Å². The number of anilines is 2. The molecule has 0 aromatic heterocycles. The molecular formula is C11H13FN2O2. The van der Waals surface area contributed by atoms with E-state index in [0.29, 0.717) is 5.56 Å². The number of carbonyl (C=O) groups excluding carboxylic acids is 1. The molecule has 0 aliphatic rings. The van der Waals surface area contributed by atoms with E-state index in [4.69, 9.17) is 11.5 Å². The summed E-state index contributed by atoms with van der Waals surface area (Å²) in [7, 11) is 0. The monoisotopic (exact) mass is 224 g/mol. The summed E-state index contributed by atoms with van der Waals surface area (Å²) in [5, 5.41) is 0. The largest absolute Gasteiger partial charge is 0.463 e. The van der Waals surface area contributed by atoms with Crippen molar-refractivity contribution in [3.05, 3.63) is 29.6 Å². The number of carbonyl (C=O) groups is 1. The molecule has 5 heteroatoms. The van der Waals surface area contributed by atoms with Crippen LogP contribution < -0.4 is 11.5 Å². The quantitative estimate of drug-likeness (QED) is 0.464. The fourth-order valence-electron chi connectivity index (χ4n) is 1.15. The predicted octanol–water partition coefficient (Wildman–Crippen LogP) is 1.57. The van der Waals surface area contributed by atoms with Crippen molar-refractivity contribution in [1.82, 2.24) is 0 Å². The van der Waals surface area contributed by atoms with Crippen molar-refractivity contribution in [3.8, 4) is 0 Å². The van der Waals surface area contributed by atoms with Crippen LogP contribution in [0.15, 0.2) is 18.2 Å². The zero-order valence-corrected chi connectivity index (χ0v) is 8.87. The van der Waals surface area contributed by atoms with E-state index in [1.807, 2.05) is 0 Å². The maximum absolute atomic E-state index is 13.0. The van der Waals surface area contributed by atoms with Crippen LogP contribution in [0.2, 0.25) is 0 Å². The van der Waals surface area contributed by atoms with Crippen molar-refractivity contribution in [2.24, 2.45) is 0 Å². The van der Waals surface area contributed by atoms with Gasteiger partial charge in [-0.3, -0.25) is 0 Å². The second-order valence-electron chi connectivity index (χ2n) is 3.08. The summed E-state index contributed by atoms with van der Waals surface area (Å²) in [4.78, 5) is 11.0. The minimum Gasteiger partial charge on any atom is -0.463 e. The van der Waals surface area contributed by atoms with E-state index in [-0.39, 0.29) is 18.0 Å². The van der Waals surface area contributed by atoms with Gasteiger partial charge in [-0.1, -0.05) is 0 Å². The number of hydrogen-bond donors (Lipinski definition) is 2. The topological polar surface area (TPSA) is 78.3 Å². The summed E-state index contributed by atoms with van der Waals surface area (Å²) in [5.74, 6) is -1.01. The third-order valence-corrected chi connectivity index (χ3v) is 1.89. The SMILES string of the molecule is CCOC(=O)C=Cc1cc(F)cc(N)c1N. The molecule has 0 saturated carbocycles. The molecule has 0 bridgehead atoms. The Bertz CT molecular complexity index is 430. The smallest absolute Gasteiger partial charge is 0.330 e. The van der Waals surface area contributed by atoms with Gasteiger partial charge in [-0.25, -0.2) is 9.18 Å². The maximum atomic E-state index is 13.0. The molecule has 1 aromatic carbocycles. The van der Waals surface area contributed by atoms with Gasteiger partial charge in [-0.05, 0) is 25.1 Å². The van der Waals surface area contributed by atoms with Crippen LogP contribution in [0.25, 0.3) is 6.08 Å². The number of ether oxygens (including phenoxy) is 1. The van der Waals surface area contributed by atoms with Crippen molar-refractivity contribution in [3.63, 3.8) is 0 Å². The molecule has 0 aliphatic carbocycles. The molecule has 0 unspecified atom stereocenters. The number of nitrogen functional groups attached to an aromatic ring is 2. The van der Waals surface area contributed by atoms with Crippen molar-refractivity contribution >= 4 is 23.4 Å². The Labute approximate surface area is 92.7 Å². The lowest BCUT2D eigenvalue weighted by Gasteiger charge is -2.04. The molecule has 1 aromatic rings. The van der Waals surface area contributed by atoms with Gasteiger partial charge in [0.15, 0.2) is 0 Å². The first-order chi connectivity index (χ1) is 7.54. The van der Waals surface area contributed by atoms with Crippen molar-refractivity contribution < 1.29 is 13.9 Å². The number of benzene rings is 1. The van der Waals surface area contributed by atoms with E-state index in [1.54, 1.807) is 6.92 Å². The molecule has 0 aliphatic heterocycles. The molecule has 0 atom stereocenters. The van der Waals surface area contributed by atoms with Crippen LogP contribution in [-0.4, -0.2) is 12.6 Å². The van der Waals surface area contributed by atoms with Crippen LogP contribution in [0.5, 0.6) is 0 Å². The molecule has 16 heavy (non-hydrogen) atoms. The van der Waals surface area contributed by atoms with E-state index >= 15 is 0 Å². The Morgan fingerprint density at radius 2 is 2.19 bits per heavy atom. The Morgan fingerprint density at radius 1 is 1.50 bits per heavy atom. The Hall–Kier alpha value is -2.04. The van der Waals surface area contributed by atoms with Gasteiger partial charge in [-0.2, -0.15) is 0 Å². The zero-order chi connectivity index (χ0) is 12.1. The Morgan fingerprint density at radius 3 is 2.81 bits per heavy atom. The highest BCUT2D eigenvalue weighted by Gasteiger charge is 2.04. The minimum atomic E-state index is -0.510. The molecule has 86 valence electrons. The van der Waals surface area contributed by atoms with Crippen molar-refractivity contribution in [2.45, 2.75) is 6.92 Å². The first-order valence-corrected chi connectivity index (χ1v) is 4.74. The summed E-state index contributed by atoms with van der Waals surface area (Å²) >= 11 is 0. The first-order valence-electron chi connectivity index (χ1n) is 4.74. The molecule has 4 N–H and O–H groups in total. The summed E-state index contributed by atoms with van der Waals surface area (Å²) in [6.45, 7) is 1.98. The van der Waals surface area contributed by atoms with Crippen molar-refractivity contribution in [2.75, 3.05) is 18.1 Å². The van der Waals surface area contributed by atoms with Crippen LogP contribution in [-0.2, 0) is 9.53 Å². The van der Waals surface area contributed by atoms with Gasteiger partial charge >= 0.3 is 5.97 Å². The number of rotatable bonds is 3. The van der Waals surface area contributed by atoms with Gasteiger partial charge in [0.05, 0.1) is 18.0 Å². The maximum Gasteiger partial charge on any atom is 0.330 e. The summed E-state index contributed by atoms with van der Waals surface area (Å²) in [5.41, 5.74) is 11.8. The lowest BCUT2D eigenvalue weighted by Crippen LogP contribution is -2.01. The number of nitrogens with two attached hydrogens (primary N) is 2. The van der Waals surface area contributed by atoms with Gasteiger partial charge in [0.25, 0.3) is 0 Å². The molecule has 0 amide bonds. The summed E-state index contributed by atoms with van der Waals surface area (Å²) in [6, 6.07) is 2.32. The average Bonchev–Trinajstić information content (AvgIpc) is 2.21. The van der Waals surface area contributed by atoms with Crippen LogP contribution in [0.4, 0.5) is 15.8 Å².